The Balaban J connectivity index is 1.90. The Bertz CT molecular complexity index is 1310. The van der Waals surface area contributed by atoms with Crippen LogP contribution in [0.3, 0.4) is 0 Å². The summed E-state index contributed by atoms with van der Waals surface area (Å²) in [4.78, 5) is 24.7. The molecule has 1 heterocycles. The fourth-order valence-corrected chi connectivity index (χ4v) is 4.86. The summed E-state index contributed by atoms with van der Waals surface area (Å²) in [6.07, 6.45) is 0. The molecular formula is C23H25NO7S. The summed E-state index contributed by atoms with van der Waals surface area (Å²) in [5.41, 5.74) is 0.923. The molecule has 0 unspecified atom stereocenters. The number of sulfonamides is 1. The van der Waals surface area contributed by atoms with Crippen molar-refractivity contribution in [2.75, 3.05) is 20.2 Å². The standard InChI is InChI=1S/C23H25NO7S/c1-5-24(6-2)32(27,28)18-9-7-15(3)20(13-18)23(26)30-14-16-11-22(25)31-21-12-17(29-4)8-10-19(16)21/h7-13H,5-6,14H2,1-4H3. The molecule has 1 aromatic heterocycles. The lowest BCUT2D eigenvalue weighted by Crippen LogP contribution is -2.30. The normalized spacial score (nSPS) is 11.7. The van der Waals surface area contributed by atoms with E-state index in [1.807, 2.05) is 0 Å². The number of carbonyl (C=O) groups is 1. The number of hydrogen-bond donors (Lipinski definition) is 0. The Kier molecular flexibility index (Phi) is 7.00. The predicted octanol–water partition coefficient (Wildman–Crippen LogP) is 3.50. The summed E-state index contributed by atoms with van der Waals surface area (Å²) in [6.45, 7) is 5.66. The van der Waals surface area contributed by atoms with Gasteiger partial charge in [-0.1, -0.05) is 19.9 Å². The zero-order chi connectivity index (χ0) is 23.5. The lowest BCUT2D eigenvalue weighted by molar-refractivity contribution is 0.0472. The van der Waals surface area contributed by atoms with Crippen molar-refractivity contribution in [2.24, 2.45) is 0 Å². The van der Waals surface area contributed by atoms with Gasteiger partial charge in [-0.15, -0.1) is 0 Å². The third-order valence-corrected chi connectivity index (χ3v) is 7.21. The molecule has 32 heavy (non-hydrogen) atoms. The number of methoxy groups -OCH3 is 1. The molecule has 8 nitrogen and oxygen atoms in total. The number of carbonyl (C=O) groups excluding carboxylic acids is 1. The second kappa shape index (κ2) is 9.54. The molecule has 0 aliphatic heterocycles. The molecule has 0 radical (unpaired) electrons. The number of esters is 1. The molecule has 0 N–H and O–H groups in total. The van der Waals surface area contributed by atoms with Crippen LogP contribution in [-0.2, 0) is 21.4 Å². The largest absolute Gasteiger partial charge is 0.497 e. The van der Waals surface area contributed by atoms with Crippen molar-refractivity contribution in [1.82, 2.24) is 4.31 Å². The van der Waals surface area contributed by atoms with Gasteiger partial charge in [-0.3, -0.25) is 0 Å². The van der Waals surface area contributed by atoms with Crippen LogP contribution in [0.15, 0.2) is 56.6 Å². The Labute approximate surface area is 186 Å². The van der Waals surface area contributed by atoms with Crippen LogP contribution in [0.1, 0.15) is 35.3 Å². The Hall–Kier alpha value is -3.17. The molecule has 170 valence electrons. The molecule has 0 aliphatic carbocycles. The smallest absolute Gasteiger partial charge is 0.338 e. The Morgan fingerprint density at radius 1 is 1.06 bits per heavy atom. The van der Waals surface area contributed by atoms with E-state index in [0.717, 1.165) is 0 Å². The molecule has 3 aromatic rings. The molecule has 3 rings (SSSR count). The molecular weight excluding hydrogens is 434 g/mol. The van der Waals surface area contributed by atoms with Crippen LogP contribution < -0.4 is 10.4 Å². The van der Waals surface area contributed by atoms with Crippen molar-refractivity contribution in [3.63, 3.8) is 0 Å². The third-order valence-electron chi connectivity index (χ3n) is 5.17. The summed E-state index contributed by atoms with van der Waals surface area (Å²) >= 11 is 0. The van der Waals surface area contributed by atoms with Crippen molar-refractivity contribution in [3.8, 4) is 5.75 Å². The highest BCUT2D eigenvalue weighted by atomic mass is 32.2. The highest BCUT2D eigenvalue weighted by molar-refractivity contribution is 7.89. The van der Waals surface area contributed by atoms with Crippen LogP contribution >= 0.6 is 0 Å². The second-order valence-electron chi connectivity index (χ2n) is 7.09. The fourth-order valence-electron chi connectivity index (χ4n) is 3.37. The topological polar surface area (TPSA) is 103 Å². The zero-order valence-corrected chi connectivity index (χ0v) is 19.2. The second-order valence-corrected chi connectivity index (χ2v) is 9.03. The van der Waals surface area contributed by atoms with Crippen molar-refractivity contribution >= 4 is 27.0 Å². The van der Waals surface area contributed by atoms with E-state index < -0.39 is 21.6 Å². The molecule has 0 fully saturated rings. The van der Waals surface area contributed by atoms with Crippen LogP contribution in [0.4, 0.5) is 0 Å². The molecule has 2 aromatic carbocycles. The Morgan fingerprint density at radius 3 is 2.44 bits per heavy atom. The van der Waals surface area contributed by atoms with Gasteiger partial charge in [0.15, 0.2) is 0 Å². The number of benzene rings is 2. The monoisotopic (exact) mass is 459 g/mol. The highest BCUT2D eigenvalue weighted by Crippen LogP contribution is 2.24. The summed E-state index contributed by atoms with van der Waals surface area (Å²) in [5.74, 6) is -0.161. The van der Waals surface area contributed by atoms with Crippen molar-refractivity contribution in [3.05, 3.63) is 69.6 Å². The lowest BCUT2D eigenvalue weighted by atomic mass is 10.1. The van der Waals surface area contributed by atoms with Gasteiger partial charge < -0.3 is 13.9 Å². The van der Waals surface area contributed by atoms with Crippen molar-refractivity contribution < 1.29 is 27.1 Å². The average Bonchev–Trinajstić information content (AvgIpc) is 2.77. The maximum Gasteiger partial charge on any atom is 0.338 e. The van der Waals surface area contributed by atoms with E-state index in [-0.39, 0.29) is 17.1 Å². The molecule has 0 atom stereocenters. The summed E-state index contributed by atoms with van der Waals surface area (Å²) in [6, 6.07) is 10.6. The van der Waals surface area contributed by atoms with Crippen LogP contribution in [0.5, 0.6) is 5.75 Å². The van der Waals surface area contributed by atoms with Crippen LogP contribution in [0.25, 0.3) is 11.0 Å². The molecule has 9 heteroatoms. The third kappa shape index (κ3) is 4.68. The van der Waals surface area contributed by atoms with Gasteiger partial charge in [0.25, 0.3) is 0 Å². The highest BCUT2D eigenvalue weighted by Gasteiger charge is 2.24. The van der Waals surface area contributed by atoms with Gasteiger partial charge in [0.1, 0.15) is 17.9 Å². The van der Waals surface area contributed by atoms with E-state index >= 15 is 0 Å². The number of ether oxygens (including phenoxy) is 2. The van der Waals surface area contributed by atoms with Gasteiger partial charge >= 0.3 is 11.6 Å². The number of aryl methyl sites for hydroxylation is 1. The first-order valence-electron chi connectivity index (χ1n) is 10.1. The minimum absolute atomic E-state index is 0.0247. The maximum absolute atomic E-state index is 12.8. The fraction of sp³-hybridized carbons (Fsp3) is 0.304. The van der Waals surface area contributed by atoms with E-state index in [0.29, 0.717) is 40.9 Å². The van der Waals surface area contributed by atoms with E-state index in [2.05, 4.69) is 0 Å². The maximum atomic E-state index is 12.8. The first-order valence-corrected chi connectivity index (χ1v) is 11.5. The lowest BCUT2D eigenvalue weighted by Gasteiger charge is -2.19. The predicted molar refractivity (Wildman–Crippen MR) is 119 cm³/mol. The minimum Gasteiger partial charge on any atom is -0.497 e. The number of nitrogens with zero attached hydrogens (tertiary/aromatic N) is 1. The molecule has 0 saturated carbocycles. The SMILES string of the molecule is CCN(CC)S(=O)(=O)c1ccc(C)c(C(=O)OCc2cc(=O)oc3cc(OC)ccc23)c1. The van der Waals surface area contributed by atoms with E-state index in [1.165, 1.54) is 29.6 Å². The minimum atomic E-state index is -3.72. The van der Waals surface area contributed by atoms with E-state index in [4.69, 9.17) is 13.9 Å². The van der Waals surface area contributed by atoms with Crippen LogP contribution in [-0.4, -0.2) is 38.9 Å². The summed E-state index contributed by atoms with van der Waals surface area (Å²) in [5, 5.41) is 0.604. The molecule has 0 aliphatic rings. The number of fused-ring (bicyclic) bond motifs is 1. The van der Waals surface area contributed by atoms with Crippen LogP contribution in [0.2, 0.25) is 0 Å². The van der Waals surface area contributed by atoms with Gasteiger partial charge in [-0.05, 0) is 36.8 Å². The molecule has 0 saturated heterocycles. The summed E-state index contributed by atoms with van der Waals surface area (Å²) < 4.78 is 42.7. The van der Waals surface area contributed by atoms with Gasteiger partial charge in [0, 0.05) is 36.2 Å². The molecule has 0 spiro atoms. The first-order chi connectivity index (χ1) is 15.2. The van der Waals surface area contributed by atoms with Crippen molar-refractivity contribution in [1.29, 1.82) is 0 Å². The number of hydrogen-bond acceptors (Lipinski definition) is 7. The summed E-state index contributed by atoms with van der Waals surface area (Å²) in [7, 11) is -2.22. The molecule has 0 bridgehead atoms. The van der Waals surface area contributed by atoms with Crippen molar-refractivity contribution in [2.45, 2.75) is 32.3 Å². The van der Waals surface area contributed by atoms with E-state index in [1.54, 1.807) is 45.0 Å². The van der Waals surface area contributed by atoms with E-state index in [9.17, 15) is 18.0 Å². The zero-order valence-electron chi connectivity index (χ0n) is 18.4. The van der Waals surface area contributed by atoms with Gasteiger partial charge in [0.05, 0.1) is 17.6 Å². The van der Waals surface area contributed by atoms with Crippen LogP contribution in [0, 0.1) is 6.92 Å². The van der Waals surface area contributed by atoms with Gasteiger partial charge in [-0.2, -0.15) is 4.31 Å². The molecule has 0 amide bonds. The quantitative estimate of drug-likeness (QED) is 0.375. The van der Waals surface area contributed by atoms with Gasteiger partial charge in [0.2, 0.25) is 10.0 Å². The Morgan fingerprint density at radius 2 is 1.78 bits per heavy atom. The van der Waals surface area contributed by atoms with Gasteiger partial charge in [-0.25, -0.2) is 18.0 Å². The average molecular weight is 460 g/mol. The first kappa shape index (κ1) is 23.5. The number of rotatable bonds is 8.